The quantitative estimate of drug-likeness (QED) is 0.651. The fourth-order valence-electron chi connectivity index (χ4n) is 1.91. The van der Waals surface area contributed by atoms with Gasteiger partial charge >= 0.3 is 12.0 Å². The molecule has 0 radical (unpaired) electrons. The molecule has 0 spiro atoms. The summed E-state index contributed by atoms with van der Waals surface area (Å²) < 4.78 is 10.2. The number of halogens is 1. The monoisotopic (exact) mass is 368 g/mol. The molecule has 0 fully saturated rings. The Labute approximate surface area is 148 Å². The van der Waals surface area contributed by atoms with Gasteiger partial charge in [-0.15, -0.1) is 0 Å². The average Bonchev–Trinajstić information content (AvgIpc) is 3.03. The molecule has 134 valence electrons. The summed E-state index contributed by atoms with van der Waals surface area (Å²) in [7, 11) is 1.57. The third kappa shape index (κ3) is 5.73. The summed E-state index contributed by atoms with van der Waals surface area (Å²) in [5.41, 5.74) is 0.858. The van der Waals surface area contributed by atoms with Gasteiger partial charge in [0.15, 0.2) is 5.82 Å². The van der Waals surface area contributed by atoms with E-state index in [1.807, 2.05) is 0 Å². The highest BCUT2D eigenvalue weighted by molar-refractivity contribution is 6.31. The van der Waals surface area contributed by atoms with E-state index in [4.69, 9.17) is 26.0 Å². The highest BCUT2D eigenvalue weighted by Crippen LogP contribution is 2.29. The van der Waals surface area contributed by atoms with Gasteiger partial charge in [0.2, 0.25) is 0 Å². The third-order valence-electron chi connectivity index (χ3n) is 3.08. The first-order valence-corrected chi connectivity index (χ1v) is 7.75. The summed E-state index contributed by atoms with van der Waals surface area (Å²) in [5, 5.41) is 17.9. The Morgan fingerprint density at radius 2 is 2.20 bits per heavy atom. The van der Waals surface area contributed by atoms with Crippen molar-refractivity contribution in [3.05, 3.63) is 29.0 Å². The van der Waals surface area contributed by atoms with E-state index in [1.165, 1.54) is 0 Å². The van der Waals surface area contributed by atoms with Crippen molar-refractivity contribution in [1.82, 2.24) is 15.5 Å². The predicted octanol–water partition coefficient (Wildman–Crippen LogP) is 2.18. The van der Waals surface area contributed by atoms with E-state index >= 15 is 0 Å². The summed E-state index contributed by atoms with van der Waals surface area (Å²) >= 11 is 6.01. The number of carboxylic acid groups (broad SMARTS) is 1. The molecule has 0 saturated heterocycles. The number of rotatable bonds is 8. The van der Waals surface area contributed by atoms with Gasteiger partial charge in [-0.05, 0) is 18.2 Å². The molecule has 0 saturated carbocycles. The number of aliphatic carboxylic acids is 1. The van der Waals surface area contributed by atoms with Crippen LogP contribution in [0.15, 0.2) is 22.7 Å². The van der Waals surface area contributed by atoms with E-state index in [1.54, 1.807) is 25.3 Å². The number of ether oxygens (including phenoxy) is 1. The number of nitrogens with zero attached hydrogens (tertiary/aromatic N) is 2. The molecule has 1 heterocycles. The molecule has 25 heavy (non-hydrogen) atoms. The van der Waals surface area contributed by atoms with Gasteiger partial charge in [0.05, 0.1) is 24.3 Å². The lowest BCUT2D eigenvalue weighted by atomic mass is 10.1. The van der Waals surface area contributed by atoms with Crippen LogP contribution in [0.25, 0.3) is 11.5 Å². The smallest absolute Gasteiger partial charge is 0.319 e. The lowest BCUT2D eigenvalue weighted by Gasteiger charge is -2.10. The average molecular weight is 369 g/mol. The Kier molecular flexibility index (Phi) is 6.72. The molecule has 0 bridgehead atoms. The van der Waals surface area contributed by atoms with Crippen molar-refractivity contribution in [3.63, 3.8) is 0 Å². The number of aromatic nitrogens is 2. The van der Waals surface area contributed by atoms with Crippen LogP contribution in [0.2, 0.25) is 5.02 Å². The largest absolute Gasteiger partial charge is 0.481 e. The molecule has 2 rings (SSSR count). The number of methoxy groups -OCH3 is 1. The van der Waals surface area contributed by atoms with E-state index in [2.05, 4.69) is 20.8 Å². The summed E-state index contributed by atoms with van der Waals surface area (Å²) in [6, 6.07) is 4.22. The van der Waals surface area contributed by atoms with Crippen molar-refractivity contribution in [1.29, 1.82) is 0 Å². The fraction of sp³-hybridized carbons (Fsp3) is 0.333. The summed E-state index contributed by atoms with van der Waals surface area (Å²) in [5.74, 6) is -0.329. The first-order chi connectivity index (χ1) is 12.0. The van der Waals surface area contributed by atoms with Crippen molar-refractivity contribution in [3.8, 4) is 11.5 Å². The molecule has 10 heteroatoms. The highest BCUT2D eigenvalue weighted by Gasteiger charge is 2.15. The van der Waals surface area contributed by atoms with Crippen LogP contribution in [0.1, 0.15) is 12.2 Å². The number of carbonyl (C=O) groups excluding carboxylic acids is 1. The van der Waals surface area contributed by atoms with Crippen LogP contribution in [0.5, 0.6) is 0 Å². The SMILES string of the molecule is COCCc1noc(-c2cc(Cl)ccc2NC(=O)NCCC(=O)O)n1. The summed E-state index contributed by atoms with van der Waals surface area (Å²) in [6.45, 7) is 0.456. The number of carboxylic acids is 1. The molecule has 0 atom stereocenters. The van der Waals surface area contributed by atoms with Crippen LogP contribution in [0, 0.1) is 0 Å². The maximum absolute atomic E-state index is 11.9. The van der Waals surface area contributed by atoms with Crippen LogP contribution in [-0.4, -0.2) is 47.5 Å². The Balaban J connectivity index is 2.12. The fourth-order valence-corrected chi connectivity index (χ4v) is 2.08. The van der Waals surface area contributed by atoms with Crippen molar-refractivity contribution in [2.75, 3.05) is 25.6 Å². The molecular weight excluding hydrogens is 352 g/mol. The maximum Gasteiger partial charge on any atom is 0.319 e. The summed E-state index contributed by atoms with van der Waals surface area (Å²) in [6.07, 6.45) is 0.312. The topological polar surface area (TPSA) is 127 Å². The number of urea groups is 1. The second-order valence-corrected chi connectivity index (χ2v) is 5.41. The maximum atomic E-state index is 11.9. The van der Waals surface area contributed by atoms with Crippen LogP contribution in [-0.2, 0) is 16.0 Å². The molecule has 2 aromatic rings. The zero-order valence-corrected chi connectivity index (χ0v) is 14.2. The van der Waals surface area contributed by atoms with E-state index in [0.29, 0.717) is 35.1 Å². The van der Waals surface area contributed by atoms with Crippen LogP contribution in [0.3, 0.4) is 0 Å². The highest BCUT2D eigenvalue weighted by atomic mass is 35.5. The lowest BCUT2D eigenvalue weighted by molar-refractivity contribution is -0.136. The first kappa shape index (κ1) is 18.7. The van der Waals surface area contributed by atoms with Crippen molar-refractivity contribution >= 4 is 29.3 Å². The number of carbonyl (C=O) groups is 2. The number of hydrogen-bond donors (Lipinski definition) is 3. The Hall–Kier alpha value is -2.65. The zero-order chi connectivity index (χ0) is 18.2. The number of benzene rings is 1. The van der Waals surface area contributed by atoms with Gasteiger partial charge in [-0.25, -0.2) is 4.79 Å². The molecule has 0 aliphatic rings. The van der Waals surface area contributed by atoms with Gasteiger partial charge in [0.1, 0.15) is 0 Å². The number of anilines is 1. The number of amides is 2. The minimum absolute atomic E-state index is 0.00577. The van der Waals surface area contributed by atoms with Gasteiger partial charge in [-0.2, -0.15) is 4.98 Å². The number of nitrogens with one attached hydrogen (secondary N) is 2. The minimum atomic E-state index is -0.998. The van der Waals surface area contributed by atoms with Crippen molar-refractivity contribution in [2.45, 2.75) is 12.8 Å². The number of hydrogen-bond acceptors (Lipinski definition) is 6. The van der Waals surface area contributed by atoms with E-state index in [0.717, 1.165) is 0 Å². The molecule has 0 unspecified atom stereocenters. The molecule has 0 aliphatic heterocycles. The third-order valence-corrected chi connectivity index (χ3v) is 3.32. The van der Waals surface area contributed by atoms with Crippen molar-refractivity contribution in [2.24, 2.45) is 0 Å². The standard InChI is InChI=1S/C15H17ClN4O5/c1-24-7-5-12-19-14(25-20-12)10-8-9(16)2-3-11(10)18-15(23)17-6-4-13(21)22/h2-3,8H,4-7H2,1H3,(H,21,22)(H2,17,18,23). The van der Waals surface area contributed by atoms with E-state index in [-0.39, 0.29) is 18.9 Å². The molecule has 3 N–H and O–H groups in total. The minimum Gasteiger partial charge on any atom is -0.481 e. The Morgan fingerprint density at radius 1 is 1.40 bits per heavy atom. The van der Waals surface area contributed by atoms with Crippen molar-refractivity contribution < 1.29 is 24.0 Å². The Bertz CT molecular complexity index is 749. The van der Waals surface area contributed by atoms with Gasteiger partial charge in [-0.3, -0.25) is 4.79 Å². The second-order valence-electron chi connectivity index (χ2n) is 4.97. The lowest BCUT2D eigenvalue weighted by Crippen LogP contribution is -2.30. The van der Waals surface area contributed by atoms with Crippen LogP contribution in [0.4, 0.5) is 10.5 Å². The molecule has 1 aromatic carbocycles. The molecule has 1 aromatic heterocycles. The van der Waals surface area contributed by atoms with Crippen LogP contribution < -0.4 is 10.6 Å². The van der Waals surface area contributed by atoms with Crippen LogP contribution >= 0.6 is 11.6 Å². The van der Waals surface area contributed by atoms with E-state index in [9.17, 15) is 9.59 Å². The molecule has 2 amide bonds. The second kappa shape index (κ2) is 9.00. The van der Waals surface area contributed by atoms with Gasteiger partial charge in [0.25, 0.3) is 5.89 Å². The van der Waals surface area contributed by atoms with Gasteiger partial charge in [0, 0.05) is 25.1 Å². The van der Waals surface area contributed by atoms with E-state index < -0.39 is 12.0 Å². The normalized spacial score (nSPS) is 10.5. The first-order valence-electron chi connectivity index (χ1n) is 7.37. The molecule has 9 nitrogen and oxygen atoms in total. The summed E-state index contributed by atoms with van der Waals surface area (Å²) in [4.78, 5) is 26.6. The van der Waals surface area contributed by atoms with Gasteiger partial charge < -0.3 is 25.0 Å². The zero-order valence-electron chi connectivity index (χ0n) is 13.4. The predicted molar refractivity (Wildman–Crippen MR) is 89.6 cm³/mol. The Morgan fingerprint density at radius 3 is 2.92 bits per heavy atom. The molecular formula is C15H17ClN4O5. The molecule has 0 aliphatic carbocycles. The van der Waals surface area contributed by atoms with Gasteiger partial charge in [-0.1, -0.05) is 16.8 Å².